The van der Waals surface area contributed by atoms with Crippen LogP contribution in [0.2, 0.25) is 0 Å². The predicted octanol–water partition coefficient (Wildman–Crippen LogP) is 13.9. The van der Waals surface area contributed by atoms with E-state index >= 15 is 0 Å². The largest absolute Gasteiger partial charge is 0.359 e. The summed E-state index contributed by atoms with van der Waals surface area (Å²) in [5.41, 5.74) is 14.7. The van der Waals surface area contributed by atoms with E-state index in [2.05, 4.69) is 207 Å². The molecule has 1 N–H and O–H groups in total. The molecule has 1 atom stereocenters. The van der Waals surface area contributed by atoms with Crippen LogP contribution in [-0.2, 0) is 5.41 Å². The van der Waals surface area contributed by atoms with E-state index in [9.17, 15) is 0 Å². The van der Waals surface area contributed by atoms with Crippen LogP contribution in [0.4, 0.5) is 0 Å². The number of nitrogens with one attached hydrogen (secondary N) is 1. The molecule has 1 heterocycles. The minimum atomic E-state index is -0.0127. The molecule has 2 heteroatoms. The molecule has 0 saturated carbocycles. The van der Waals surface area contributed by atoms with Crippen LogP contribution in [0.5, 0.6) is 0 Å². The third-order valence-electron chi connectivity index (χ3n) is 12.3. The van der Waals surface area contributed by atoms with Crippen molar-refractivity contribution in [2.45, 2.75) is 25.3 Å². The van der Waals surface area contributed by atoms with E-state index in [1.807, 2.05) is 6.07 Å². The number of nitrogens with zero attached hydrogens (tertiary/aromatic N) is 1. The molecule has 0 fully saturated rings. The number of fused-ring (bicyclic) bond motifs is 9. The van der Waals surface area contributed by atoms with Crippen LogP contribution in [0.15, 0.2) is 199 Å². The molecule has 0 bridgehead atoms. The minimum absolute atomic E-state index is 0.00785. The van der Waals surface area contributed by atoms with Gasteiger partial charge in [-0.1, -0.05) is 184 Å². The monoisotopic (exact) mass is 728 g/mol. The molecule has 11 rings (SSSR count). The quantitative estimate of drug-likeness (QED) is 0.175. The third kappa shape index (κ3) is 5.44. The first-order chi connectivity index (χ1) is 28.0. The highest BCUT2D eigenvalue weighted by atomic mass is 15.0. The fourth-order valence-electron chi connectivity index (χ4n) is 9.45. The van der Waals surface area contributed by atoms with Crippen molar-refractivity contribution >= 4 is 43.9 Å². The van der Waals surface area contributed by atoms with E-state index in [1.165, 1.54) is 82.4 Å². The Balaban J connectivity index is 1.07. The molecule has 57 heavy (non-hydrogen) atoms. The van der Waals surface area contributed by atoms with Gasteiger partial charge in [0.05, 0.1) is 11.7 Å². The molecule has 9 aromatic carbocycles. The summed E-state index contributed by atoms with van der Waals surface area (Å²) in [7, 11) is 0. The highest BCUT2D eigenvalue weighted by molar-refractivity contribution is 6.28. The maximum absolute atomic E-state index is 5.23. The van der Waals surface area contributed by atoms with Crippen molar-refractivity contribution in [3.63, 3.8) is 0 Å². The first kappa shape index (κ1) is 33.3. The Kier molecular flexibility index (Phi) is 7.62. The van der Waals surface area contributed by atoms with Crippen molar-refractivity contribution in [3.8, 4) is 33.4 Å². The van der Waals surface area contributed by atoms with Gasteiger partial charge in [-0.05, 0) is 107 Å². The molecule has 1 aliphatic carbocycles. The average Bonchev–Trinajstić information content (AvgIpc) is 3.51. The van der Waals surface area contributed by atoms with Gasteiger partial charge in [0, 0.05) is 16.5 Å². The Morgan fingerprint density at radius 3 is 1.86 bits per heavy atom. The first-order valence-corrected chi connectivity index (χ1v) is 19.9. The molecule has 2 aliphatic rings. The smallest absolute Gasteiger partial charge is 0.134 e. The first-order valence-electron chi connectivity index (χ1n) is 19.9. The van der Waals surface area contributed by atoms with Gasteiger partial charge in [-0.2, -0.15) is 0 Å². The Morgan fingerprint density at radius 1 is 0.421 bits per heavy atom. The van der Waals surface area contributed by atoms with Gasteiger partial charge in [-0.25, -0.2) is 4.99 Å². The van der Waals surface area contributed by atoms with Crippen LogP contribution in [0, 0.1) is 0 Å². The van der Waals surface area contributed by atoms with E-state index in [1.54, 1.807) is 0 Å². The van der Waals surface area contributed by atoms with Crippen LogP contribution in [0.3, 0.4) is 0 Å². The summed E-state index contributed by atoms with van der Waals surface area (Å²) in [6.45, 7) is 4.69. The van der Waals surface area contributed by atoms with Crippen molar-refractivity contribution in [1.82, 2.24) is 5.32 Å². The lowest BCUT2D eigenvalue weighted by atomic mass is 9.82. The highest BCUT2D eigenvalue weighted by Crippen LogP contribution is 2.50. The molecular weight excluding hydrogens is 689 g/mol. The lowest BCUT2D eigenvalue weighted by molar-refractivity contribution is 0.660. The zero-order chi connectivity index (χ0) is 38.1. The fraction of sp³-hybridized carbons (Fsp3) is 0.0727. The maximum Gasteiger partial charge on any atom is 0.134 e. The highest BCUT2D eigenvalue weighted by Gasteiger charge is 2.35. The summed E-state index contributed by atoms with van der Waals surface area (Å²) in [5.74, 6) is 0.877. The summed E-state index contributed by atoms with van der Waals surface area (Å²) in [6.07, 6.45) is 2.26. The molecule has 0 aromatic heterocycles. The lowest BCUT2D eigenvalue weighted by Gasteiger charge is -2.24. The Bertz CT molecular complexity index is 3120. The van der Waals surface area contributed by atoms with Gasteiger partial charge in [0.25, 0.3) is 0 Å². The summed E-state index contributed by atoms with van der Waals surface area (Å²) in [6, 6.07) is 68.7. The second-order valence-corrected chi connectivity index (χ2v) is 16.0. The second kappa shape index (κ2) is 13.0. The molecule has 0 radical (unpaired) electrons. The normalized spacial score (nSPS) is 15.5. The van der Waals surface area contributed by atoms with Crippen molar-refractivity contribution in [3.05, 3.63) is 222 Å². The summed E-state index contributed by atoms with van der Waals surface area (Å²) < 4.78 is 0. The van der Waals surface area contributed by atoms with Crippen molar-refractivity contribution in [1.29, 1.82) is 0 Å². The van der Waals surface area contributed by atoms with Crippen molar-refractivity contribution < 1.29 is 0 Å². The number of hydrogen-bond donors (Lipinski definition) is 1. The third-order valence-corrected chi connectivity index (χ3v) is 12.3. The summed E-state index contributed by atoms with van der Waals surface area (Å²) >= 11 is 0. The van der Waals surface area contributed by atoms with Crippen LogP contribution < -0.4 is 5.32 Å². The molecule has 1 aliphatic heterocycles. The summed E-state index contributed by atoms with van der Waals surface area (Å²) in [5, 5.41) is 11.3. The summed E-state index contributed by atoms with van der Waals surface area (Å²) in [4.78, 5) is 5.23. The van der Waals surface area contributed by atoms with E-state index in [-0.39, 0.29) is 11.5 Å². The maximum atomic E-state index is 5.23. The Hall–Kier alpha value is -7.03. The van der Waals surface area contributed by atoms with Gasteiger partial charge in [0.15, 0.2) is 0 Å². The van der Waals surface area contributed by atoms with Gasteiger partial charge >= 0.3 is 0 Å². The SMILES string of the molecule is CC1(C)c2ccccc2-c2cc(-c3ccc4c(c3)c3ccccc3c3cccc(-c5cccc(C6=CC(c7ccccc7)NC(c7ccccc7)=N6)c5)c34)ccc21. The van der Waals surface area contributed by atoms with Gasteiger partial charge in [-0.15, -0.1) is 0 Å². The number of amidine groups is 1. The molecule has 9 aromatic rings. The van der Waals surface area contributed by atoms with Crippen molar-refractivity contribution in [2.75, 3.05) is 0 Å². The average molecular weight is 729 g/mol. The Morgan fingerprint density at radius 2 is 1.02 bits per heavy atom. The fourth-order valence-corrected chi connectivity index (χ4v) is 9.45. The van der Waals surface area contributed by atoms with Gasteiger partial charge in [0.2, 0.25) is 0 Å². The topological polar surface area (TPSA) is 24.4 Å². The van der Waals surface area contributed by atoms with E-state index < -0.39 is 0 Å². The molecule has 1 unspecified atom stereocenters. The van der Waals surface area contributed by atoms with E-state index in [0.717, 1.165) is 22.7 Å². The zero-order valence-corrected chi connectivity index (χ0v) is 32.0. The van der Waals surface area contributed by atoms with E-state index in [4.69, 9.17) is 4.99 Å². The number of rotatable bonds is 5. The Labute approximate surface area is 333 Å². The predicted molar refractivity (Wildman–Crippen MR) is 241 cm³/mol. The lowest BCUT2D eigenvalue weighted by Crippen LogP contribution is -2.31. The second-order valence-electron chi connectivity index (χ2n) is 16.0. The molecule has 0 amide bonds. The molecule has 2 nitrogen and oxygen atoms in total. The standard InChI is InChI=1S/C55H40N2/c1-55(2)49-26-12-11-23-44(49)48-33-38(28-30-50(48)55)37-27-29-46-47(32-37)43-22-10-9-21-42(43)45-25-14-24-41(53(45)46)39-19-13-20-40(31-39)52-34-51(35-15-5-3-6-16-35)56-54(57-52)36-17-7-4-8-18-36/h3-34,51H,1-2H3,(H,56,57). The molecule has 270 valence electrons. The number of benzene rings is 9. The number of aliphatic imine (C=N–C) groups is 1. The van der Waals surface area contributed by atoms with Crippen LogP contribution in [0.25, 0.3) is 71.4 Å². The van der Waals surface area contributed by atoms with Gasteiger partial charge in [0.1, 0.15) is 5.84 Å². The molecule has 0 saturated heterocycles. The number of hydrogen-bond acceptors (Lipinski definition) is 2. The zero-order valence-electron chi connectivity index (χ0n) is 32.0. The van der Waals surface area contributed by atoms with Gasteiger partial charge in [-0.3, -0.25) is 0 Å². The van der Waals surface area contributed by atoms with Crippen LogP contribution >= 0.6 is 0 Å². The minimum Gasteiger partial charge on any atom is -0.359 e. The van der Waals surface area contributed by atoms with Crippen LogP contribution in [0.1, 0.15) is 47.7 Å². The van der Waals surface area contributed by atoms with Crippen LogP contribution in [-0.4, -0.2) is 5.84 Å². The van der Waals surface area contributed by atoms with Gasteiger partial charge < -0.3 is 5.32 Å². The molecule has 0 spiro atoms. The van der Waals surface area contributed by atoms with E-state index in [0.29, 0.717) is 0 Å². The van der Waals surface area contributed by atoms with Crippen molar-refractivity contribution in [2.24, 2.45) is 4.99 Å². The molecular formula is C55H40N2.